The normalized spacial score (nSPS) is 16.4. The number of carbonyl (C=O) groups excluding carboxylic acids is 2. The monoisotopic (exact) mass is 366 g/mol. The molecule has 2 amide bonds. The first kappa shape index (κ1) is 19.0. The lowest BCUT2D eigenvalue weighted by Gasteiger charge is -2.17. The summed E-state index contributed by atoms with van der Waals surface area (Å²) in [6, 6.07) is 17.5. The SMILES string of the molecule is CCOc1ccc(N2C[C@@H](NC(=O)CCCc3ccccc3)CC2=O)cc1. The first-order chi connectivity index (χ1) is 13.2. The molecule has 0 aliphatic carbocycles. The Hall–Kier alpha value is -2.82. The fourth-order valence-corrected chi connectivity index (χ4v) is 3.34. The average Bonchev–Trinajstić information content (AvgIpc) is 3.03. The second kappa shape index (κ2) is 9.21. The Kier molecular flexibility index (Phi) is 6.47. The van der Waals surface area contributed by atoms with E-state index in [4.69, 9.17) is 4.74 Å². The van der Waals surface area contributed by atoms with Gasteiger partial charge < -0.3 is 15.0 Å². The lowest BCUT2D eigenvalue weighted by molar-refractivity contribution is -0.121. The Morgan fingerprint density at radius 3 is 2.59 bits per heavy atom. The van der Waals surface area contributed by atoms with Gasteiger partial charge in [-0.1, -0.05) is 30.3 Å². The maximum absolute atomic E-state index is 12.3. The van der Waals surface area contributed by atoms with Gasteiger partial charge in [0.1, 0.15) is 5.75 Å². The molecule has 1 aliphatic heterocycles. The summed E-state index contributed by atoms with van der Waals surface area (Å²) in [6.45, 7) is 3.06. The molecule has 2 aromatic rings. The number of hydrogen-bond donors (Lipinski definition) is 1. The van der Waals surface area contributed by atoms with Gasteiger partial charge in [0, 0.05) is 25.1 Å². The number of carbonyl (C=O) groups is 2. The summed E-state index contributed by atoms with van der Waals surface area (Å²) in [4.78, 5) is 26.2. The number of nitrogens with one attached hydrogen (secondary N) is 1. The zero-order chi connectivity index (χ0) is 19.1. The van der Waals surface area contributed by atoms with Gasteiger partial charge in [0.25, 0.3) is 0 Å². The summed E-state index contributed by atoms with van der Waals surface area (Å²) >= 11 is 0. The molecule has 0 radical (unpaired) electrons. The second-order valence-electron chi connectivity index (χ2n) is 6.74. The molecule has 0 bridgehead atoms. The van der Waals surface area contributed by atoms with Gasteiger partial charge in [-0.25, -0.2) is 0 Å². The van der Waals surface area contributed by atoms with Crippen molar-refractivity contribution in [3.05, 3.63) is 60.2 Å². The molecule has 1 saturated heterocycles. The third-order valence-corrected chi connectivity index (χ3v) is 4.66. The molecule has 5 heteroatoms. The summed E-state index contributed by atoms with van der Waals surface area (Å²) in [5.41, 5.74) is 2.08. The van der Waals surface area contributed by atoms with Gasteiger partial charge in [0.15, 0.2) is 0 Å². The van der Waals surface area contributed by atoms with Crippen molar-refractivity contribution in [3.63, 3.8) is 0 Å². The Bertz CT molecular complexity index is 759. The fraction of sp³-hybridized carbons (Fsp3) is 0.364. The molecule has 27 heavy (non-hydrogen) atoms. The number of ether oxygens (including phenoxy) is 1. The van der Waals surface area contributed by atoms with Crippen molar-refractivity contribution in [2.75, 3.05) is 18.1 Å². The van der Waals surface area contributed by atoms with Crippen molar-refractivity contribution in [2.24, 2.45) is 0 Å². The van der Waals surface area contributed by atoms with Crippen molar-refractivity contribution < 1.29 is 14.3 Å². The van der Waals surface area contributed by atoms with Crippen LogP contribution < -0.4 is 15.0 Å². The number of aryl methyl sites for hydroxylation is 1. The topological polar surface area (TPSA) is 58.6 Å². The highest BCUT2D eigenvalue weighted by Crippen LogP contribution is 2.24. The highest BCUT2D eigenvalue weighted by molar-refractivity contribution is 5.96. The van der Waals surface area contributed by atoms with Gasteiger partial charge >= 0.3 is 0 Å². The number of hydrogen-bond acceptors (Lipinski definition) is 3. The van der Waals surface area contributed by atoms with E-state index >= 15 is 0 Å². The van der Waals surface area contributed by atoms with Crippen molar-refractivity contribution >= 4 is 17.5 Å². The van der Waals surface area contributed by atoms with Gasteiger partial charge in [-0.15, -0.1) is 0 Å². The molecule has 1 fully saturated rings. The predicted molar refractivity (Wildman–Crippen MR) is 106 cm³/mol. The van der Waals surface area contributed by atoms with E-state index in [2.05, 4.69) is 17.4 Å². The molecule has 1 aliphatic rings. The molecule has 1 atom stereocenters. The van der Waals surface area contributed by atoms with Crippen LogP contribution in [0.2, 0.25) is 0 Å². The van der Waals surface area contributed by atoms with E-state index in [-0.39, 0.29) is 17.9 Å². The third kappa shape index (κ3) is 5.33. The Morgan fingerprint density at radius 2 is 1.89 bits per heavy atom. The van der Waals surface area contributed by atoms with E-state index in [0.717, 1.165) is 24.3 Å². The van der Waals surface area contributed by atoms with Crippen LogP contribution in [0, 0.1) is 0 Å². The van der Waals surface area contributed by atoms with Gasteiger partial charge in [-0.2, -0.15) is 0 Å². The van der Waals surface area contributed by atoms with E-state index < -0.39 is 0 Å². The summed E-state index contributed by atoms with van der Waals surface area (Å²) in [5.74, 6) is 0.835. The summed E-state index contributed by atoms with van der Waals surface area (Å²) < 4.78 is 5.43. The summed E-state index contributed by atoms with van der Waals surface area (Å²) in [5, 5.41) is 3.00. The maximum atomic E-state index is 12.3. The van der Waals surface area contributed by atoms with Gasteiger partial charge in [0.2, 0.25) is 11.8 Å². The first-order valence-corrected chi connectivity index (χ1v) is 9.52. The van der Waals surface area contributed by atoms with Crippen LogP contribution in [0.3, 0.4) is 0 Å². The smallest absolute Gasteiger partial charge is 0.229 e. The molecule has 0 saturated carbocycles. The first-order valence-electron chi connectivity index (χ1n) is 9.52. The van der Waals surface area contributed by atoms with Crippen molar-refractivity contribution in [1.82, 2.24) is 5.32 Å². The van der Waals surface area contributed by atoms with Crippen LogP contribution in [0.25, 0.3) is 0 Å². The van der Waals surface area contributed by atoms with E-state index in [9.17, 15) is 9.59 Å². The average molecular weight is 366 g/mol. The number of anilines is 1. The van der Waals surface area contributed by atoms with E-state index in [0.29, 0.717) is 26.0 Å². The van der Waals surface area contributed by atoms with Gasteiger partial charge in [0.05, 0.1) is 12.6 Å². The second-order valence-corrected chi connectivity index (χ2v) is 6.74. The Morgan fingerprint density at radius 1 is 1.15 bits per heavy atom. The van der Waals surface area contributed by atoms with Crippen LogP contribution in [-0.4, -0.2) is 31.0 Å². The van der Waals surface area contributed by atoms with Gasteiger partial charge in [-0.3, -0.25) is 9.59 Å². The summed E-state index contributed by atoms with van der Waals surface area (Å²) in [6.07, 6.45) is 2.51. The van der Waals surface area contributed by atoms with Crippen LogP contribution in [0.1, 0.15) is 31.7 Å². The number of nitrogens with zero attached hydrogens (tertiary/aromatic N) is 1. The van der Waals surface area contributed by atoms with Crippen LogP contribution in [0.15, 0.2) is 54.6 Å². The molecule has 0 unspecified atom stereocenters. The maximum Gasteiger partial charge on any atom is 0.229 e. The van der Waals surface area contributed by atoms with Crippen LogP contribution in [0.4, 0.5) is 5.69 Å². The molecule has 5 nitrogen and oxygen atoms in total. The van der Waals surface area contributed by atoms with Crippen molar-refractivity contribution in [1.29, 1.82) is 0 Å². The fourth-order valence-electron chi connectivity index (χ4n) is 3.34. The number of rotatable bonds is 8. The minimum Gasteiger partial charge on any atom is -0.494 e. The Balaban J connectivity index is 1.46. The lowest BCUT2D eigenvalue weighted by atomic mass is 10.1. The molecular weight excluding hydrogens is 340 g/mol. The highest BCUT2D eigenvalue weighted by atomic mass is 16.5. The summed E-state index contributed by atoms with van der Waals surface area (Å²) in [7, 11) is 0. The van der Waals surface area contributed by atoms with Crippen molar-refractivity contribution in [2.45, 2.75) is 38.6 Å². The van der Waals surface area contributed by atoms with Gasteiger partial charge in [-0.05, 0) is 49.6 Å². The van der Waals surface area contributed by atoms with Crippen molar-refractivity contribution in [3.8, 4) is 5.75 Å². The molecule has 2 aromatic carbocycles. The zero-order valence-corrected chi connectivity index (χ0v) is 15.7. The molecule has 3 rings (SSSR count). The predicted octanol–water partition coefficient (Wildman–Crippen LogP) is 3.33. The molecule has 142 valence electrons. The quantitative estimate of drug-likeness (QED) is 0.780. The number of benzene rings is 2. The molecular formula is C22H26N2O3. The van der Waals surface area contributed by atoms with Crippen LogP contribution in [-0.2, 0) is 16.0 Å². The van der Waals surface area contributed by atoms with E-state index in [1.54, 1.807) is 4.90 Å². The lowest BCUT2D eigenvalue weighted by Crippen LogP contribution is -2.37. The molecule has 0 spiro atoms. The highest BCUT2D eigenvalue weighted by Gasteiger charge is 2.31. The Labute approximate surface area is 160 Å². The molecule has 1 N–H and O–H groups in total. The van der Waals surface area contributed by atoms with Crippen LogP contribution in [0.5, 0.6) is 5.75 Å². The minimum atomic E-state index is -0.131. The largest absolute Gasteiger partial charge is 0.494 e. The zero-order valence-electron chi connectivity index (χ0n) is 15.7. The number of amides is 2. The van der Waals surface area contributed by atoms with E-state index in [1.165, 1.54) is 5.56 Å². The van der Waals surface area contributed by atoms with Crippen LogP contribution >= 0.6 is 0 Å². The molecule has 0 aromatic heterocycles. The molecule has 1 heterocycles. The van der Waals surface area contributed by atoms with E-state index in [1.807, 2.05) is 49.4 Å². The third-order valence-electron chi connectivity index (χ3n) is 4.66. The minimum absolute atomic E-state index is 0.0114. The standard InChI is InChI=1S/C22H26N2O3/c1-2-27-20-13-11-19(12-14-20)24-16-18(15-22(24)26)23-21(25)10-6-9-17-7-4-3-5-8-17/h3-5,7-8,11-14,18H,2,6,9-10,15-16H2,1H3,(H,23,25)/t18-/m0/s1.